The number of benzene rings is 1. The second-order valence-corrected chi connectivity index (χ2v) is 3.44. The predicted molar refractivity (Wildman–Crippen MR) is 56.1 cm³/mol. The molecule has 0 heterocycles. The normalized spacial score (nSPS) is 12.2. The molecule has 0 aromatic heterocycles. The standard InChI is InChI=1S/C12H13F2N/c1-3-4-5-10(15)11-9(13)7-6-8(2)12(11)14/h1,6-7,10H,4-5,15H2,2H3. The average Bonchev–Trinajstić information content (AvgIpc) is 2.21. The van der Waals surface area contributed by atoms with Crippen molar-refractivity contribution in [1.29, 1.82) is 0 Å². The second-order valence-electron chi connectivity index (χ2n) is 3.44. The monoisotopic (exact) mass is 209 g/mol. The van der Waals surface area contributed by atoms with Gasteiger partial charge >= 0.3 is 0 Å². The molecule has 1 aromatic rings. The van der Waals surface area contributed by atoms with Crippen molar-refractivity contribution < 1.29 is 8.78 Å². The minimum absolute atomic E-state index is 0.0646. The van der Waals surface area contributed by atoms with Gasteiger partial charge in [-0.1, -0.05) is 6.07 Å². The van der Waals surface area contributed by atoms with Crippen molar-refractivity contribution in [2.75, 3.05) is 0 Å². The van der Waals surface area contributed by atoms with Crippen LogP contribution in [0.1, 0.15) is 30.0 Å². The zero-order chi connectivity index (χ0) is 11.4. The van der Waals surface area contributed by atoms with Crippen LogP contribution in [-0.4, -0.2) is 0 Å². The van der Waals surface area contributed by atoms with Gasteiger partial charge in [-0.3, -0.25) is 0 Å². The van der Waals surface area contributed by atoms with Crippen molar-refractivity contribution in [2.24, 2.45) is 5.73 Å². The van der Waals surface area contributed by atoms with Crippen LogP contribution in [0.4, 0.5) is 8.78 Å². The molecule has 2 N–H and O–H groups in total. The largest absolute Gasteiger partial charge is 0.324 e. The molecule has 0 fully saturated rings. The maximum atomic E-state index is 13.6. The molecule has 1 aromatic carbocycles. The quantitative estimate of drug-likeness (QED) is 0.761. The SMILES string of the molecule is C#CCCC(N)c1c(F)ccc(C)c1F. The average molecular weight is 209 g/mol. The van der Waals surface area contributed by atoms with Gasteiger partial charge in [0, 0.05) is 18.0 Å². The van der Waals surface area contributed by atoms with Gasteiger partial charge in [-0.05, 0) is 25.0 Å². The fraction of sp³-hybridized carbons (Fsp3) is 0.333. The van der Waals surface area contributed by atoms with E-state index in [9.17, 15) is 8.78 Å². The highest BCUT2D eigenvalue weighted by molar-refractivity contribution is 5.29. The predicted octanol–water partition coefficient (Wildman–Crippen LogP) is 2.69. The minimum atomic E-state index is -0.680. The van der Waals surface area contributed by atoms with Crippen LogP contribution in [0.2, 0.25) is 0 Å². The summed E-state index contributed by atoms with van der Waals surface area (Å²) >= 11 is 0. The van der Waals surface area contributed by atoms with E-state index in [1.165, 1.54) is 12.1 Å². The van der Waals surface area contributed by atoms with E-state index in [-0.39, 0.29) is 5.56 Å². The molecule has 1 nitrogen and oxygen atoms in total. The Balaban J connectivity index is 3.02. The molecule has 1 unspecified atom stereocenters. The van der Waals surface area contributed by atoms with Crippen LogP contribution < -0.4 is 5.73 Å². The summed E-state index contributed by atoms with van der Waals surface area (Å²) in [7, 11) is 0. The van der Waals surface area contributed by atoms with Crippen LogP contribution in [0.15, 0.2) is 12.1 Å². The third kappa shape index (κ3) is 2.54. The van der Waals surface area contributed by atoms with Crippen LogP contribution in [0, 0.1) is 30.9 Å². The molecule has 3 heteroatoms. The number of hydrogen-bond donors (Lipinski definition) is 1. The van der Waals surface area contributed by atoms with Gasteiger partial charge < -0.3 is 5.73 Å². The fourth-order valence-corrected chi connectivity index (χ4v) is 1.40. The van der Waals surface area contributed by atoms with Crippen molar-refractivity contribution >= 4 is 0 Å². The van der Waals surface area contributed by atoms with Crippen LogP contribution >= 0.6 is 0 Å². The molecule has 0 saturated heterocycles. The highest BCUT2D eigenvalue weighted by atomic mass is 19.1. The van der Waals surface area contributed by atoms with Crippen LogP contribution in [-0.2, 0) is 0 Å². The van der Waals surface area contributed by atoms with Gasteiger partial charge in [0.25, 0.3) is 0 Å². The van der Waals surface area contributed by atoms with Gasteiger partial charge in [0.2, 0.25) is 0 Å². The molecular weight excluding hydrogens is 196 g/mol. The van der Waals surface area contributed by atoms with Crippen LogP contribution in [0.3, 0.4) is 0 Å². The molecule has 80 valence electrons. The number of halogens is 2. The summed E-state index contributed by atoms with van der Waals surface area (Å²) in [6.45, 7) is 1.58. The molecule has 0 radical (unpaired) electrons. The Morgan fingerprint density at radius 1 is 1.47 bits per heavy atom. The number of nitrogens with two attached hydrogens (primary N) is 1. The zero-order valence-electron chi connectivity index (χ0n) is 8.56. The Hall–Kier alpha value is -1.40. The molecule has 0 aliphatic rings. The highest BCUT2D eigenvalue weighted by Crippen LogP contribution is 2.24. The molecule has 15 heavy (non-hydrogen) atoms. The van der Waals surface area contributed by atoms with E-state index in [4.69, 9.17) is 12.2 Å². The molecule has 0 aliphatic carbocycles. The zero-order valence-corrected chi connectivity index (χ0v) is 8.56. The lowest BCUT2D eigenvalue weighted by molar-refractivity contribution is 0.511. The van der Waals surface area contributed by atoms with E-state index in [0.717, 1.165) is 0 Å². The lowest BCUT2D eigenvalue weighted by atomic mass is 9.99. The summed E-state index contributed by atoms with van der Waals surface area (Å²) < 4.78 is 26.9. The summed E-state index contributed by atoms with van der Waals surface area (Å²) in [5, 5.41) is 0. The first kappa shape index (κ1) is 11.7. The van der Waals surface area contributed by atoms with Crippen molar-refractivity contribution in [3.8, 4) is 12.3 Å². The molecule has 1 atom stereocenters. The fourth-order valence-electron chi connectivity index (χ4n) is 1.40. The summed E-state index contributed by atoms with van der Waals surface area (Å²) in [5.74, 6) is 1.22. The van der Waals surface area contributed by atoms with Crippen molar-refractivity contribution in [3.05, 3.63) is 34.9 Å². The van der Waals surface area contributed by atoms with Gasteiger partial charge in [0.05, 0.1) is 0 Å². The first-order valence-corrected chi connectivity index (χ1v) is 4.71. The van der Waals surface area contributed by atoms with Crippen LogP contribution in [0.25, 0.3) is 0 Å². The first-order chi connectivity index (χ1) is 7.07. The topological polar surface area (TPSA) is 26.0 Å². The van der Waals surface area contributed by atoms with Crippen molar-refractivity contribution in [2.45, 2.75) is 25.8 Å². The molecule has 1 rings (SSSR count). The van der Waals surface area contributed by atoms with E-state index in [0.29, 0.717) is 18.4 Å². The van der Waals surface area contributed by atoms with E-state index in [2.05, 4.69) is 5.92 Å². The summed E-state index contributed by atoms with van der Waals surface area (Å²) in [4.78, 5) is 0. The Kier molecular flexibility index (Phi) is 3.81. The van der Waals surface area contributed by atoms with E-state index >= 15 is 0 Å². The Morgan fingerprint density at radius 2 is 2.13 bits per heavy atom. The van der Waals surface area contributed by atoms with Crippen molar-refractivity contribution in [1.82, 2.24) is 0 Å². The van der Waals surface area contributed by atoms with Gasteiger partial charge in [-0.2, -0.15) is 0 Å². The summed E-state index contributed by atoms with van der Waals surface area (Å²) in [5.41, 5.74) is 6.00. The maximum Gasteiger partial charge on any atom is 0.133 e. The van der Waals surface area contributed by atoms with Gasteiger partial charge in [-0.15, -0.1) is 12.3 Å². The summed E-state index contributed by atoms with van der Waals surface area (Å²) in [6.07, 6.45) is 5.86. The Bertz CT molecular complexity index is 393. The van der Waals surface area contributed by atoms with Crippen LogP contribution in [0.5, 0.6) is 0 Å². The second kappa shape index (κ2) is 4.90. The smallest absolute Gasteiger partial charge is 0.133 e. The Labute approximate surface area is 88.3 Å². The molecule has 0 amide bonds. The van der Waals surface area contributed by atoms with E-state index < -0.39 is 17.7 Å². The number of hydrogen-bond acceptors (Lipinski definition) is 1. The third-order valence-electron chi connectivity index (χ3n) is 2.29. The lowest BCUT2D eigenvalue weighted by Gasteiger charge is -2.13. The maximum absolute atomic E-state index is 13.6. The highest BCUT2D eigenvalue weighted by Gasteiger charge is 2.17. The van der Waals surface area contributed by atoms with Gasteiger partial charge in [-0.25, -0.2) is 8.78 Å². The van der Waals surface area contributed by atoms with Gasteiger partial charge in [0.1, 0.15) is 11.6 Å². The number of aryl methyl sites for hydroxylation is 1. The molecule has 0 saturated carbocycles. The minimum Gasteiger partial charge on any atom is -0.324 e. The molecular formula is C12H13F2N. The van der Waals surface area contributed by atoms with E-state index in [1.54, 1.807) is 6.92 Å². The molecule has 0 aliphatic heterocycles. The summed E-state index contributed by atoms with van der Waals surface area (Å²) in [6, 6.07) is 1.94. The molecule has 0 bridgehead atoms. The number of rotatable bonds is 3. The van der Waals surface area contributed by atoms with E-state index in [1.807, 2.05) is 0 Å². The van der Waals surface area contributed by atoms with Gasteiger partial charge in [0.15, 0.2) is 0 Å². The van der Waals surface area contributed by atoms with Crippen molar-refractivity contribution in [3.63, 3.8) is 0 Å². The Morgan fingerprint density at radius 3 is 2.73 bits per heavy atom. The first-order valence-electron chi connectivity index (χ1n) is 4.71. The third-order valence-corrected chi connectivity index (χ3v) is 2.29. The molecule has 0 spiro atoms. The lowest BCUT2D eigenvalue weighted by Crippen LogP contribution is -2.14. The number of terminal acetylenes is 1.